The Kier molecular flexibility index (Phi) is 2.99. The molecule has 6 nitrogen and oxygen atoms in total. The fourth-order valence-corrected chi connectivity index (χ4v) is 1.39. The van der Waals surface area contributed by atoms with Gasteiger partial charge in [0.1, 0.15) is 11.6 Å². The van der Waals surface area contributed by atoms with Crippen molar-refractivity contribution in [2.75, 3.05) is 0 Å². The lowest BCUT2D eigenvalue weighted by molar-refractivity contribution is 0.0624. The molecule has 1 aromatic heterocycles. The molecule has 2 N–H and O–H groups in total. The lowest BCUT2D eigenvalue weighted by atomic mass is 10.2. The van der Waals surface area contributed by atoms with E-state index in [1.165, 1.54) is 0 Å². The highest BCUT2D eigenvalue weighted by atomic mass is 19.1. The van der Waals surface area contributed by atoms with E-state index in [0.29, 0.717) is 6.07 Å². The van der Waals surface area contributed by atoms with E-state index in [9.17, 15) is 18.4 Å². The van der Waals surface area contributed by atoms with Crippen LogP contribution in [0.25, 0.3) is 11.5 Å². The van der Waals surface area contributed by atoms with Crippen LogP contribution in [0, 0.1) is 11.6 Å². The van der Waals surface area contributed by atoms with Crippen molar-refractivity contribution < 1.29 is 33.0 Å². The molecule has 98 valence electrons. The monoisotopic (exact) mass is 269 g/mol. The van der Waals surface area contributed by atoms with Gasteiger partial charge < -0.3 is 14.6 Å². The highest BCUT2D eigenvalue weighted by Gasteiger charge is 2.26. The first-order valence-electron chi connectivity index (χ1n) is 4.83. The fraction of sp³-hybridized carbons (Fsp3) is 0. The number of halogens is 2. The number of benzene rings is 1. The maximum absolute atomic E-state index is 13.4. The Labute approximate surface area is 103 Å². The van der Waals surface area contributed by atoms with E-state index in [1.54, 1.807) is 0 Å². The number of carboxylic acid groups (broad SMARTS) is 2. The van der Waals surface area contributed by atoms with Gasteiger partial charge in [0.05, 0.1) is 5.56 Å². The Morgan fingerprint density at radius 1 is 1.16 bits per heavy atom. The van der Waals surface area contributed by atoms with E-state index >= 15 is 0 Å². The number of aromatic carboxylic acids is 2. The third-order valence-electron chi connectivity index (χ3n) is 2.19. The summed E-state index contributed by atoms with van der Waals surface area (Å²) in [6.07, 6.45) is 0. The average molecular weight is 269 g/mol. The molecule has 0 spiro atoms. The molecule has 2 aromatic rings. The second-order valence-corrected chi connectivity index (χ2v) is 3.43. The zero-order valence-corrected chi connectivity index (χ0v) is 9.05. The van der Waals surface area contributed by atoms with Crippen molar-refractivity contribution in [3.8, 4) is 11.5 Å². The van der Waals surface area contributed by atoms with E-state index in [1.807, 2.05) is 0 Å². The van der Waals surface area contributed by atoms with Crippen molar-refractivity contribution in [1.29, 1.82) is 0 Å². The van der Waals surface area contributed by atoms with Gasteiger partial charge in [0.15, 0.2) is 0 Å². The summed E-state index contributed by atoms with van der Waals surface area (Å²) in [6, 6.07) is 2.41. The van der Waals surface area contributed by atoms with Crippen molar-refractivity contribution in [3.05, 3.63) is 41.3 Å². The van der Waals surface area contributed by atoms with Crippen LogP contribution in [0.15, 0.2) is 22.6 Å². The minimum absolute atomic E-state index is 0.337. The second kappa shape index (κ2) is 4.48. The Morgan fingerprint density at radius 2 is 1.84 bits per heavy atom. The molecule has 1 heterocycles. The van der Waals surface area contributed by atoms with Gasteiger partial charge in [-0.2, -0.15) is 0 Å². The van der Waals surface area contributed by atoms with Gasteiger partial charge in [-0.05, 0) is 12.1 Å². The summed E-state index contributed by atoms with van der Waals surface area (Å²) in [7, 11) is 0. The van der Waals surface area contributed by atoms with Crippen molar-refractivity contribution in [2.45, 2.75) is 0 Å². The van der Waals surface area contributed by atoms with Crippen molar-refractivity contribution in [2.24, 2.45) is 0 Å². The molecule has 0 aliphatic carbocycles. The highest BCUT2D eigenvalue weighted by Crippen LogP contribution is 2.25. The summed E-state index contributed by atoms with van der Waals surface area (Å²) < 4.78 is 30.9. The number of oxazole rings is 1. The van der Waals surface area contributed by atoms with Gasteiger partial charge in [0, 0.05) is 6.07 Å². The molecule has 0 saturated carbocycles. The van der Waals surface area contributed by atoms with E-state index in [4.69, 9.17) is 14.6 Å². The Hall–Kier alpha value is -2.77. The van der Waals surface area contributed by atoms with Gasteiger partial charge in [-0.1, -0.05) is 0 Å². The molecule has 0 atom stereocenters. The van der Waals surface area contributed by atoms with E-state index in [-0.39, 0.29) is 5.56 Å². The largest absolute Gasteiger partial charge is 0.476 e. The van der Waals surface area contributed by atoms with Gasteiger partial charge in [0.25, 0.3) is 0 Å². The number of carboxylic acids is 2. The smallest absolute Gasteiger partial charge is 0.374 e. The van der Waals surface area contributed by atoms with Crippen molar-refractivity contribution in [3.63, 3.8) is 0 Å². The lowest BCUT2D eigenvalue weighted by Gasteiger charge is -1.97. The normalized spacial score (nSPS) is 10.4. The quantitative estimate of drug-likeness (QED) is 0.883. The SMILES string of the molecule is O=C(O)c1nc(-c2ccc(F)cc2F)oc1C(=O)O. The summed E-state index contributed by atoms with van der Waals surface area (Å²) in [5.41, 5.74) is -1.19. The number of aromatic nitrogens is 1. The molecule has 0 fully saturated rings. The number of hydrogen-bond donors (Lipinski definition) is 2. The standard InChI is InChI=1S/C11H5F2NO5/c12-4-1-2-5(6(13)3-4)9-14-7(10(15)16)8(19-9)11(17)18/h1-3H,(H,15,16)(H,17,18). The maximum atomic E-state index is 13.4. The first-order valence-corrected chi connectivity index (χ1v) is 4.83. The molecule has 0 saturated heterocycles. The van der Waals surface area contributed by atoms with Gasteiger partial charge in [-0.3, -0.25) is 0 Å². The van der Waals surface area contributed by atoms with Crippen LogP contribution in [0.4, 0.5) is 8.78 Å². The molecule has 0 aliphatic rings. The van der Waals surface area contributed by atoms with Crippen LogP contribution < -0.4 is 0 Å². The Morgan fingerprint density at radius 3 is 2.32 bits per heavy atom. The first kappa shape index (κ1) is 12.7. The zero-order valence-electron chi connectivity index (χ0n) is 9.05. The highest BCUT2D eigenvalue weighted by molar-refractivity contribution is 5.98. The molecule has 0 radical (unpaired) electrons. The lowest BCUT2D eigenvalue weighted by Crippen LogP contribution is -2.05. The summed E-state index contributed by atoms with van der Waals surface area (Å²) in [4.78, 5) is 24.9. The molecule has 8 heteroatoms. The summed E-state index contributed by atoms with van der Waals surface area (Å²) in [5, 5.41) is 17.5. The minimum atomic E-state index is -1.65. The average Bonchev–Trinajstić information content (AvgIpc) is 2.73. The van der Waals surface area contributed by atoms with Crippen LogP contribution in [0.3, 0.4) is 0 Å². The van der Waals surface area contributed by atoms with E-state index in [2.05, 4.69) is 4.98 Å². The Bertz CT molecular complexity index is 648. The van der Waals surface area contributed by atoms with Gasteiger partial charge >= 0.3 is 11.9 Å². The first-order chi connectivity index (χ1) is 8.90. The molecular weight excluding hydrogens is 264 g/mol. The molecule has 2 rings (SSSR count). The van der Waals surface area contributed by atoms with Crippen LogP contribution in [-0.2, 0) is 0 Å². The molecule has 0 amide bonds. The molecule has 0 bridgehead atoms. The van der Waals surface area contributed by atoms with Crippen LogP contribution >= 0.6 is 0 Å². The third kappa shape index (κ3) is 2.28. The summed E-state index contributed by atoms with van der Waals surface area (Å²) in [5.74, 6) is -6.65. The Balaban J connectivity index is 2.60. The second-order valence-electron chi connectivity index (χ2n) is 3.43. The van der Waals surface area contributed by atoms with Crippen LogP contribution in [0.1, 0.15) is 21.0 Å². The van der Waals surface area contributed by atoms with Crippen LogP contribution in [-0.4, -0.2) is 27.1 Å². The van der Waals surface area contributed by atoms with Gasteiger partial charge in [-0.25, -0.2) is 23.4 Å². The third-order valence-corrected chi connectivity index (χ3v) is 2.19. The van der Waals surface area contributed by atoms with E-state index < -0.39 is 40.9 Å². The molecular formula is C11H5F2NO5. The van der Waals surface area contributed by atoms with Gasteiger partial charge in [-0.15, -0.1) is 0 Å². The topological polar surface area (TPSA) is 101 Å². The van der Waals surface area contributed by atoms with E-state index in [0.717, 1.165) is 12.1 Å². The predicted octanol–water partition coefficient (Wildman–Crippen LogP) is 2.02. The molecule has 0 unspecified atom stereocenters. The molecule has 0 aliphatic heterocycles. The van der Waals surface area contributed by atoms with Crippen molar-refractivity contribution in [1.82, 2.24) is 4.98 Å². The van der Waals surface area contributed by atoms with Crippen molar-refractivity contribution >= 4 is 11.9 Å². The maximum Gasteiger partial charge on any atom is 0.374 e. The summed E-state index contributed by atoms with van der Waals surface area (Å²) >= 11 is 0. The summed E-state index contributed by atoms with van der Waals surface area (Å²) in [6.45, 7) is 0. The number of rotatable bonds is 3. The minimum Gasteiger partial charge on any atom is -0.476 e. The fourth-order valence-electron chi connectivity index (χ4n) is 1.39. The predicted molar refractivity (Wildman–Crippen MR) is 55.8 cm³/mol. The zero-order chi connectivity index (χ0) is 14.2. The van der Waals surface area contributed by atoms with Gasteiger partial charge in [0.2, 0.25) is 17.3 Å². The van der Waals surface area contributed by atoms with Crippen LogP contribution in [0.2, 0.25) is 0 Å². The molecule has 1 aromatic carbocycles. The molecule has 19 heavy (non-hydrogen) atoms. The van der Waals surface area contributed by atoms with Crippen LogP contribution in [0.5, 0.6) is 0 Å². The number of hydrogen-bond acceptors (Lipinski definition) is 4. The number of carbonyl (C=O) groups is 2. The number of nitrogens with zero attached hydrogens (tertiary/aromatic N) is 1.